The van der Waals surface area contributed by atoms with Crippen LogP contribution in [0.5, 0.6) is 0 Å². The van der Waals surface area contributed by atoms with Gasteiger partial charge in [0.15, 0.2) is 0 Å². The molecule has 6 heteroatoms. The Labute approximate surface area is 102 Å². The van der Waals surface area contributed by atoms with Crippen LogP contribution in [0.2, 0.25) is 0 Å². The van der Waals surface area contributed by atoms with E-state index in [0.717, 1.165) is 5.56 Å². The summed E-state index contributed by atoms with van der Waals surface area (Å²) in [5.41, 5.74) is 0.901. The topological polar surface area (TPSA) is 61.8 Å². The van der Waals surface area contributed by atoms with Crippen LogP contribution in [0.1, 0.15) is 5.56 Å². The Bertz CT molecular complexity index is 304. The second-order valence-corrected chi connectivity index (χ2v) is 2.93. The molecule has 94 valence electrons. The summed E-state index contributed by atoms with van der Waals surface area (Å²) in [7, 11) is 2.72. The second-order valence-electron chi connectivity index (χ2n) is 2.93. The van der Waals surface area contributed by atoms with Crippen molar-refractivity contribution in [2.75, 3.05) is 20.3 Å². The van der Waals surface area contributed by atoms with E-state index < -0.39 is 5.97 Å². The van der Waals surface area contributed by atoms with E-state index in [1.165, 1.54) is 9.12 Å². The minimum absolute atomic E-state index is 0.216. The molecule has 0 bridgehead atoms. The molecular weight excluding hydrogens is 243 g/mol. The molecule has 17 heavy (non-hydrogen) atoms. The fourth-order valence-electron chi connectivity index (χ4n) is 1.02. The summed E-state index contributed by atoms with van der Waals surface area (Å²) in [5.74, 6) is -0.405. The lowest BCUT2D eigenvalue weighted by molar-refractivity contribution is -0.275. The first kappa shape index (κ1) is 15.7. The Hall–Kier alpha value is -1.29. The van der Waals surface area contributed by atoms with Crippen LogP contribution < -0.4 is 0 Å². The first-order chi connectivity index (χ1) is 8.33. The highest BCUT2D eigenvalue weighted by molar-refractivity contribution is 7.00. The molecule has 0 aromatic heterocycles. The van der Waals surface area contributed by atoms with Gasteiger partial charge in [0.25, 0.3) is 0 Å². The van der Waals surface area contributed by atoms with Crippen LogP contribution in [0, 0.1) is 0 Å². The number of benzene rings is 1. The third kappa shape index (κ3) is 8.51. The molecule has 1 atom stereocenters. The molecule has 5 nitrogen and oxygen atoms in total. The highest BCUT2D eigenvalue weighted by atomic mass is 31.0. The maximum Gasteiger partial charge on any atom is 0.346 e. The fraction of sp³-hybridized carbons (Fsp3) is 0.364. The Morgan fingerprint density at radius 3 is 2.41 bits per heavy atom. The molecule has 0 amide bonds. The Kier molecular flexibility index (Phi) is 10.4. The van der Waals surface area contributed by atoms with E-state index in [9.17, 15) is 4.79 Å². The van der Waals surface area contributed by atoms with Crippen molar-refractivity contribution in [3.8, 4) is 0 Å². The van der Waals surface area contributed by atoms with E-state index in [0.29, 0.717) is 6.61 Å². The van der Waals surface area contributed by atoms with Crippen LogP contribution in [0.15, 0.2) is 30.3 Å². The highest BCUT2D eigenvalue weighted by Gasteiger charge is 2.04. The Balaban J connectivity index is 0.00000121. The van der Waals surface area contributed by atoms with Gasteiger partial charge in [0.2, 0.25) is 0 Å². The number of ether oxygens (including phenoxy) is 1. The van der Waals surface area contributed by atoms with Crippen molar-refractivity contribution < 1.29 is 23.9 Å². The number of rotatable bonds is 6. The van der Waals surface area contributed by atoms with Gasteiger partial charge in [0, 0.05) is 7.11 Å². The summed E-state index contributed by atoms with van der Waals surface area (Å²) in [6.07, 6.45) is 0.216. The number of methoxy groups -OCH3 is 1. The van der Waals surface area contributed by atoms with Crippen molar-refractivity contribution in [2.24, 2.45) is 0 Å². The van der Waals surface area contributed by atoms with Gasteiger partial charge in [-0.3, -0.25) is 4.89 Å². The van der Waals surface area contributed by atoms with Gasteiger partial charge < -0.3 is 4.74 Å². The maximum absolute atomic E-state index is 11.2. The smallest absolute Gasteiger partial charge is 0.346 e. The van der Waals surface area contributed by atoms with Crippen molar-refractivity contribution in [2.45, 2.75) is 6.42 Å². The zero-order chi connectivity index (χ0) is 12.9. The van der Waals surface area contributed by atoms with Gasteiger partial charge in [-0.05, 0) is 5.56 Å². The first-order valence-electron chi connectivity index (χ1n) is 4.91. The molecule has 0 heterocycles. The molecule has 0 aliphatic heterocycles. The van der Waals surface area contributed by atoms with Gasteiger partial charge in [-0.2, -0.15) is 4.89 Å². The molecule has 1 rings (SSSR count). The minimum atomic E-state index is -0.405. The quantitative estimate of drug-likeness (QED) is 0.336. The van der Waals surface area contributed by atoms with Crippen LogP contribution in [0.3, 0.4) is 0 Å². The van der Waals surface area contributed by atoms with Crippen molar-refractivity contribution in [3.05, 3.63) is 35.9 Å². The summed E-state index contributed by atoms with van der Waals surface area (Å²) in [6.45, 7) is 0.648. The third-order valence-electron chi connectivity index (χ3n) is 1.71. The summed E-state index contributed by atoms with van der Waals surface area (Å²) < 4.78 is 12.9. The van der Waals surface area contributed by atoms with Gasteiger partial charge in [0.05, 0.1) is 13.0 Å². The molecule has 0 aliphatic carbocycles. The molecule has 0 aliphatic rings. The molecule has 1 unspecified atom stereocenters. The summed E-state index contributed by atoms with van der Waals surface area (Å²) in [4.78, 5) is 20.4. The summed E-state index contributed by atoms with van der Waals surface area (Å²) in [5, 5.41) is 0. The Morgan fingerprint density at radius 1 is 1.18 bits per heavy atom. The lowest BCUT2D eigenvalue weighted by atomic mass is 10.2. The molecule has 0 saturated carbocycles. The van der Waals surface area contributed by atoms with Crippen LogP contribution in [0.4, 0.5) is 0 Å². The molecular formula is C11H16O5P+. The third-order valence-corrected chi connectivity index (χ3v) is 1.71. The van der Waals surface area contributed by atoms with E-state index in [1.807, 2.05) is 30.3 Å². The monoisotopic (exact) mass is 259 g/mol. The minimum Gasteiger partial charge on any atom is -0.382 e. The molecule has 0 radical (unpaired) electrons. The largest absolute Gasteiger partial charge is 0.382 e. The summed E-state index contributed by atoms with van der Waals surface area (Å²) >= 11 is 0. The number of carbonyl (C=O) groups excluding carboxylic acids is 1. The number of hydrogen-bond donors (Lipinski definition) is 0. The van der Waals surface area contributed by atoms with Gasteiger partial charge in [-0.15, -0.1) is 0 Å². The summed E-state index contributed by atoms with van der Waals surface area (Å²) in [6, 6.07) is 9.35. The van der Waals surface area contributed by atoms with Gasteiger partial charge >= 0.3 is 15.1 Å². The predicted octanol–water partition coefficient (Wildman–Crippen LogP) is 1.56. The molecule has 1 aromatic carbocycles. The lowest BCUT2D eigenvalue weighted by Gasteiger charge is -2.02. The van der Waals surface area contributed by atoms with E-state index in [2.05, 4.69) is 9.78 Å². The van der Waals surface area contributed by atoms with Gasteiger partial charge in [-0.25, -0.2) is 4.79 Å². The number of hydrogen-bond acceptors (Lipinski definition) is 5. The van der Waals surface area contributed by atoms with E-state index in [1.54, 1.807) is 7.11 Å². The van der Waals surface area contributed by atoms with Crippen LogP contribution in [-0.4, -0.2) is 26.3 Å². The lowest BCUT2D eigenvalue weighted by Crippen LogP contribution is -2.11. The average molecular weight is 259 g/mol. The molecule has 1 aromatic rings. The fourth-order valence-corrected chi connectivity index (χ4v) is 1.02. The van der Waals surface area contributed by atoms with Crippen molar-refractivity contribution in [1.29, 1.82) is 0 Å². The van der Waals surface area contributed by atoms with E-state index >= 15 is 0 Å². The van der Waals surface area contributed by atoms with Crippen molar-refractivity contribution in [3.63, 3.8) is 0 Å². The predicted molar refractivity (Wildman–Crippen MR) is 64.5 cm³/mol. The Morgan fingerprint density at radius 2 is 1.82 bits per heavy atom. The molecule has 0 fully saturated rings. The molecule has 0 N–H and O–H groups in total. The first-order valence-corrected chi connectivity index (χ1v) is 5.39. The van der Waals surface area contributed by atoms with Gasteiger partial charge in [0.1, 0.15) is 6.61 Å². The standard InChI is InChI=1S/C11H14O4.H2OP/c1-13-7-8-14-15-11(12)9-10-5-3-2-4-6-10;1-2/h2-6H,7-9H2,1H3;2H2/q;+1. The SMILES string of the molecule is COCCOOC(=O)Cc1ccccc1.O=[PH2+]. The zero-order valence-corrected chi connectivity index (χ0v) is 10.8. The highest BCUT2D eigenvalue weighted by Crippen LogP contribution is 2.00. The van der Waals surface area contributed by atoms with E-state index in [-0.39, 0.29) is 13.0 Å². The molecule has 0 saturated heterocycles. The van der Waals surface area contributed by atoms with Crippen LogP contribution >= 0.6 is 9.12 Å². The zero-order valence-electron chi connectivity index (χ0n) is 9.63. The van der Waals surface area contributed by atoms with Crippen molar-refractivity contribution >= 4 is 15.1 Å². The van der Waals surface area contributed by atoms with Crippen LogP contribution in [-0.2, 0) is 30.3 Å². The van der Waals surface area contributed by atoms with Crippen molar-refractivity contribution in [1.82, 2.24) is 0 Å². The maximum atomic E-state index is 11.2. The normalized spacial score (nSPS) is 9.00. The van der Waals surface area contributed by atoms with Crippen LogP contribution in [0.25, 0.3) is 0 Å². The molecule has 0 spiro atoms. The van der Waals surface area contributed by atoms with E-state index in [4.69, 9.17) is 9.30 Å². The number of carbonyl (C=O) groups is 1. The van der Waals surface area contributed by atoms with Gasteiger partial charge in [-0.1, -0.05) is 34.9 Å². The average Bonchev–Trinajstić information content (AvgIpc) is 2.38. The second kappa shape index (κ2) is 11.2.